The minimum absolute atomic E-state index is 0.0735. The fourth-order valence-corrected chi connectivity index (χ4v) is 4.17. The maximum absolute atomic E-state index is 13.7. The summed E-state index contributed by atoms with van der Waals surface area (Å²) in [4.78, 5) is 23.7. The number of rotatable bonds is 7. The summed E-state index contributed by atoms with van der Waals surface area (Å²) in [6.45, 7) is 2.70. The third-order valence-electron chi connectivity index (χ3n) is 4.43. The van der Waals surface area contributed by atoms with Gasteiger partial charge in [0.25, 0.3) is 5.91 Å². The van der Waals surface area contributed by atoms with Gasteiger partial charge in [-0.05, 0) is 38.8 Å². The van der Waals surface area contributed by atoms with E-state index in [1.54, 1.807) is 0 Å². The van der Waals surface area contributed by atoms with E-state index in [0.29, 0.717) is 0 Å². The van der Waals surface area contributed by atoms with Crippen LogP contribution in [0.3, 0.4) is 0 Å². The second kappa shape index (κ2) is 9.27. The van der Waals surface area contributed by atoms with E-state index in [1.165, 1.54) is 26.0 Å². The van der Waals surface area contributed by atoms with Gasteiger partial charge in [0.05, 0.1) is 0 Å². The summed E-state index contributed by atoms with van der Waals surface area (Å²) in [7, 11) is -4.24. The summed E-state index contributed by atoms with van der Waals surface area (Å²) in [5, 5.41) is 2.84. The van der Waals surface area contributed by atoms with Gasteiger partial charge in [-0.2, -0.15) is 4.72 Å². The van der Waals surface area contributed by atoms with E-state index in [1.807, 2.05) is 0 Å². The Bertz CT molecular complexity index is 778. The highest BCUT2D eigenvalue weighted by molar-refractivity contribution is 7.89. The molecule has 150 valence electrons. The van der Waals surface area contributed by atoms with Crippen LogP contribution in [0.4, 0.5) is 4.39 Å². The summed E-state index contributed by atoms with van der Waals surface area (Å²) in [6.07, 6.45) is 3.98. The van der Waals surface area contributed by atoms with Crippen LogP contribution < -0.4 is 10.0 Å². The number of hydrogen-bond acceptors (Lipinski definition) is 5. The van der Waals surface area contributed by atoms with E-state index in [0.717, 1.165) is 44.2 Å². The number of hydrogen-bond donors (Lipinski definition) is 2. The van der Waals surface area contributed by atoms with Crippen molar-refractivity contribution >= 4 is 21.9 Å². The minimum Gasteiger partial charge on any atom is -0.451 e. The molecule has 1 amide bonds. The smallest absolute Gasteiger partial charge is 0.324 e. The van der Waals surface area contributed by atoms with Crippen molar-refractivity contribution in [3.05, 3.63) is 30.1 Å². The summed E-state index contributed by atoms with van der Waals surface area (Å²) in [5.74, 6) is -2.26. The van der Waals surface area contributed by atoms with E-state index >= 15 is 0 Å². The Morgan fingerprint density at radius 3 is 2.41 bits per heavy atom. The number of carbonyl (C=O) groups excluding carboxylic acids is 2. The number of amides is 1. The highest BCUT2D eigenvalue weighted by Crippen LogP contribution is 2.18. The molecule has 0 spiro atoms. The topological polar surface area (TPSA) is 102 Å². The zero-order valence-corrected chi connectivity index (χ0v) is 16.2. The zero-order valence-electron chi connectivity index (χ0n) is 15.4. The van der Waals surface area contributed by atoms with Gasteiger partial charge in [0.2, 0.25) is 10.0 Å². The van der Waals surface area contributed by atoms with Gasteiger partial charge in [0, 0.05) is 6.04 Å². The van der Waals surface area contributed by atoms with Crippen LogP contribution in [0.15, 0.2) is 29.2 Å². The Labute approximate surface area is 158 Å². The van der Waals surface area contributed by atoms with E-state index in [2.05, 4.69) is 10.0 Å². The van der Waals surface area contributed by atoms with Crippen molar-refractivity contribution in [1.29, 1.82) is 0 Å². The van der Waals surface area contributed by atoms with Crippen LogP contribution in [0.2, 0.25) is 0 Å². The van der Waals surface area contributed by atoms with Crippen molar-refractivity contribution in [1.82, 2.24) is 10.0 Å². The molecule has 2 N–H and O–H groups in total. The number of nitrogens with one attached hydrogen (secondary N) is 2. The van der Waals surface area contributed by atoms with Crippen molar-refractivity contribution in [3.63, 3.8) is 0 Å². The predicted octanol–water partition coefficient (Wildman–Crippen LogP) is 1.87. The average Bonchev–Trinajstić information content (AvgIpc) is 2.62. The molecule has 1 aliphatic carbocycles. The summed E-state index contributed by atoms with van der Waals surface area (Å²) < 4.78 is 45.2. The van der Waals surface area contributed by atoms with Crippen molar-refractivity contribution in [2.24, 2.45) is 0 Å². The molecule has 1 aliphatic rings. The number of esters is 1. The van der Waals surface area contributed by atoms with Gasteiger partial charge in [-0.25, -0.2) is 12.8 Å². The van der Waals surface area contributed by atoms with Crippen LogP contribution in [0.5, 0.6) is 0 Å². The van der Waals surface area contributed by atoms with E-state index in [4.69, 9.17) is 4.74 Å². The molecule has 0 aromatic heterocycles. The van der Waals surface area contributed by atoms with Crippen molar-refractivity contribution in [2.75, 3.05) is 0 Å². The zero-order chi connectivity index (χ0) is 20.0. The van der Waals surface area contributed by atoms with Crippen LogP contribution in [-0.2, 0) is 24.3 Å². The first-order valence-corrected chi connectivity index (χ1v) is 10.5. The van der Waals surface area contributed by atoms with Gasteiger partial charge in [0.15, 0.2) is 6.10 Å². The predicted molar refractivity (Wildman–Crippen MR) is 96.8 cm³/mol. The molecule has 1 fully saturated rings. The molecule has 0 radical (unpaired) electrons. The molecule has 0 unspecified atom stereocenters. The molecule has 1 saturated carbocycles. The van der Waals surface area contributed by atoms with Gasteiger partial charge in [-0.3, -0.25) is 9.59 Å². The van der Waals surface area contributed by atoms with Crippen LogP contribution in [0, 0.1) is 5.82 Å². The Hall–Kier alpha value is -2.00. The molecule has 2 rings (SSSR count). The van der Waals surface area contributed by atoms with Gasteiger partial charge >= 0.3 is 5.97 Å². The fraction of sp³-hybridized carbons (Fsp3) is 0.556. The molecule has 0 aliphatic heterocycles. The van der Waals surface area contributed by atoms with Crippen LogP contribution >= 0.6 is 0 Å². The van der Waals surface area contributed by atoms with Gasteiger partial charge < -0.3 is 10.1 Å². The van der Waals surface area contributed by atoms with Crippen LogP contribution in [0.1, 0.15) is 46.0 Å². The monoisotopic (exact) mass is 400 g/mol. The maximum Gasteiger partial charge on any atom is 0.324 e. The standard InChI is InChI=1S/C18H25FN2O5S/c1-12(21-27(24,25)16-11-7-6-10-15(16)19)18(23)26-13(2)17(22)20-14-8-4-3-5-9-14/h6-7,10-14,21H,3-5,8-9H2,1-2H3,(H,20,22)/t12-,13+/m1/s1. The van der Waals surface area contributed by atoms with Gasteiger partial charge in [-0.1, -0.05) is 31.4 Å². The lowest BCUT2D eigenvalue weighted by molar-refractivity contribution is -0.156. The molecular formula is C18H25FN2O5S. The number of sulfonamides is 1. The molecule has 0 saturated heterocycles. The highest BCUT2D eigenvalue weighted by Gasteiger charge is 2.28. The normalized spacial score (nSPS) is 17.7. The van der Waals surface area contributed by atoms with Crippen molar-refractivity contribution < 1.29 is 27.1 Å². The summed E-state index contributed by atoms with van der Waals surface area (Å²) in [6, 6.07) is 3.63. The minimum atomic E-state index is -4.24. The van der Waals surface area contributed by atoms with Crippen LogP contribution in [0.25, 0.3) is 0 Å². The van der Waals surface area contributed by atoms with E-state index in [-0.39, 0.29) is 6.04 Å². The van der Waals surface area contributed by atoms with E-state index in [9.17, 15) is 22.4 Å². The number of ether oxygens (including phenoxy) is 1. The van der Waals surface area contributed by atoms with Gasteiger partial charge in [0.1, 0.15) is 16.8 Å². The molecule has 0 bridgehead atoms. The fourth-order valence-electron chi connectivity index (χ4n) is 2.90. The van der Waals surface area contributed by atoms with E-state index < -0.39 is 44.8 Å². The first-order chi connectivity index (χ1) is 12.7. The quantitative estimate of drug-likeness (QED) is 0.681. The lowest BCUT2D eigenvalue weighted by atomic mass is 9.95. The Morgan fingerprint density at radius 2 is 1.78 bits per heavy atom. The SMILES string of the molecule is C[C@H](OC(=O)[C@@H](C)NS(=O)(=O)c1ccccc1F)C(=O)NC1CCCCC1. The average molecular weight is 400 g/mol. The lowest BCUT2D eigenvalue weighted by Crippen LogP contribution is -2.46. The first kappa shape index (κ1) is 21.3. The number of benzene rings is 1. The number of halogens is 1. The molecule has 1 aromatic rings. The van der Waals surface area contributed by atoms with Gasteiger partial charge in [-0.15, -0.1) is 0 Å². The molecule has 1 aromatic carbocycles. The molecular weight excluding hydrogens is 375 g/mol. The highest BCUT2D eigenvalue weighted by atomic mass is 32.2. The third-order valence-corrected chi connectivity index (χ3v) is 6.00. The number of carbonyl (C=O) groups is 2. The molecule has 9 heteroatoms. The Morgan fingerprint density at radius 1 is 1.15 bits per heavy atom. The first-order valence-electron chi connectivity index (χ1n) is 8.98. The molecule has 2 atom stereocenters. The van der Waals surface area contributed by atoms with Crippen LogP contribution in [-0.4, -0.2) is 38.5 Å². The Balaban J connectivity index is 1.90. The van der Waals surface area contributed by atoms with Crippen molar-refractivity contribution in [3.8, 4) is 0 Å². The largest absolute Gasteiger partial charge is 0.451 e. The summed E-state index contributed by atoms with van der Waals surface area (Å²) >= 11 is 0. The second-order valence-corrected chi connectivity index (χ2v) is 8.38. The molecule has 7 nitrogen and oxygen atoms in total. The maximum atomic E-state index is 13.7. The Kier molecular flexibility index (Phi) is 7.32. The summed E-state index contributed by atoms with van der Waals surface area (Å²) in [5.41, 5.74) is 0. The lowest BCUT2D eigenvalue weighted by Gasteiger charge is -2.24. The third kappa shape index (κ3) is 6.00. The molecule has 0 heterocycles. The molecule has 27 heavy (non-hydrogen) atoms. The van der Waals surface area contributed by atoms with Crippen molar-refractivity contribution in [2.45, 2.75) is 69.0 Å². The second-order valence-electron chi connectivity index (χ2n) is 6.70.